The van der Waals surface area contributed by atoms with Gasteiger partial charge in [0.05, 0.1) is 0 Å². The average Bonchev–Trinajstić information content (AvgIpc) is 3.13. The molecule has 1 aromatic heterocycles. The average molecular weight is 445 g/mol. The van der Waals surface area contributed by atoms with Crippen molar-refractivity contribution in [3.05, 3.63) is 59.9 Å². The number of carbonyl (C=O) groups is 1. The summed E-state index contributed by atoms with van der Waals surface area (Å²) in [4.78, 5) is 12.0. The van der Waals surface area contributed by atoms with Crippen molar-refractivity contribution in [2.75, 3.05) is 6.61 Å². The summed E-state index contributed by atoms with van der Waals surface area (Å²) in [7, 11) is 0. The van der Waals surface area contributed by atoms with Crippen molar-refractivity contribution >= 4 is 16.8 Å². The highest BCUT2D eigenvalue weighted by molar-refractivity contribution is 6.05. The second-order valence-electron chi connectivity index (χ2n) is 7.53. The molecule has 3 aromatic rings. The molecule has 0 spiro atoms. The summed E-state index contributed by atoms with van der Waals surface area (Å²) in [6, 6.07) is 6.80. The Hall–Kier alpha value is -3.33. The lowest BCUT2D eigenvalue weighted by Gasteiger charge is -2.24. The smallest absolute Gasteiger partial charge is 0.387 e. The van der Waals surface area contributed by atoms with E-state index in [1.807, 2.05) is 0 Å². The first kappa shape index (κ1) is 21.9. The molecule has 1 fully saturated rings. The van der Waals surface area contributed by atoms with Gasteiger partial charge in [0.2, 0.25) is 5.91 Å². The maximum Gasteiger partial charge on any atom is 0.387 e. The molecule has 0 radical (unpaired) electrons. The number of carbonyl (C=O) groups excluding carboxylic acids is 1. The Labute approximate surface area is 182 Å². The molecule has 2 heterocycles. The molecule has 4 rings (SSSR count). The molecule has 32 heavy (non-hydrogen) atoms. The van der Waals surface area contributed by atoms with E-state index in [4.69, 9.17) is 15.2 Å². The highest BCUT2D eigenvalue weighted by Crippen LogP contribution is 2.40. The van der Waals surface area contributed by atoms with Gasteiger partial charge in [0, 0.05) is 23.1 Å². The number of amides is 1. The molecule has 2 aromatic carbocycles. The van der Waals surface area contributed by atoms with Crippen LogP contribution in [0, 0.1) is 5.82 Å². The van der Waals surface area contributed by atoms with Gasteiger partial charge in [-0.3, -0.25) is 4.79 Å². The highest BCUT2D eigenvalue weighted by Gasteiger charge is 2.27. The minimum absolute atomic E-state index is 0.0629. The van der Waals surface area contributed by atoms with Crippen molar-refractivity contribution in [3.8, 4) is 17.0 Å². The van der Waals surface area contributed by atoms with Crippen LogP contribution in [0.2, 0.25) is 0 Å². The number of fused-ring (bicyclic) bond motifs is 1. The van der Waals surface area contributed by atoms with Crippen molar-refractivity contribution in [3.63, 3.8) is 0 Å². The van der Waals surface area contributed by atoms with E-state index in [0.717, 1.165) is 25.0 Å². The fraction of sp³-hybridized carbons (Fsp3) is 0.304. The quantitative estimate of drug-likeness (QED) is 0.521. The standard InChI is InChI=1S/C23H22F3N3O3/c1-2-5-13-10-17-20(16-12-14(24)7-8-15(16)22(27)30)28-29(19-6-3-4-9-31-19)21(17)18(11-13)32-23(25)26/h2,7-8,10-12,19,23H,1,3-6,9H2,(H2,27,30). The summed E-state index contributed by atoms with van der Waals surface area (Å²) in [5, 5.41) is 5.02. The molecule has 1 aliphatic rings. The number of nitrogens with two attached hydrogens (primary N) is 1. The van der Waals surface area contributed by atoms with Crippen molar-refractivity contribution in [2.45, 2.75) is 38.5 Å². The Morgan fingerprint density at radius 1 is 1.34 bits per heavy atom. The van der Waals surface area contributed by atoms with Crippen LogP contribution >= 0.6 is 0 Å². The number of alkyl halides is 2. The van der Waals surface area contributed by atoms with Gasteiger partial charge < -0.3 is 15.2 Å². The summed E-state index contributed by atoms with van der Waals surface area (Å²) in [5.74, 6) is -1.44. The summed E-state index contributed by atoms with van der Waals surface area (Å²) >= 11 is 0. The van der Waals surface area contributed by atoms with Crippen molar-refractivity contribution in [1.82, 2.24) is 9.78 Å². The minimum atomic E-state index is -3.06. The number of aromatic nitrogens is 2. The van der Waals surface area contributed by atoms with E-state index in [2.05, 4.69) is 11.7 Å². The van der Waals surface area contributed by atoms with Crippen molar-refractivity contribution in [2.24, 2.45) is 5.73 Å². The third-order valence-corrected chi connectivity index (χ3v) is 5.35. The van der Waals surface area contributed by atoms with Gasteiger partial charge in [0.15, 0.2) is 12.0 Å². The Morgan fingerprint density at radius 3 is 2.81 bits per heavy atom. The fourth-order valence-electron chi connectivity index (χ4n) is 4.01. The number of rotatable bonds is 7. The number of halogens is 3. The second-order valence-corrected chi connectivity index (χ2v) is 7.53. The number of hydrogen-bond donors (Lipinski definition) is 1. The zero-order valence-electron chi connectivity index (χ0n) is 17.2. The van der Waals surface area contributed by atoms with Gasteiger partial charge in [0.25, 0.3) is 0 Å². The molecule has 0 saturated carbocycles. The normalized spacial score (nSPS) is 16.4. The Kier molecular flexibility index (Phi) is 6.18. The maximum absolute atomic E-state index is 14.2. The lowest BCUT2D eigenvalue weighted by atomic mass is 9.99. The summed E-state index contributed by atoms with van der Waals surface area (Å²) in [6.45, 7) is 1.12. The van der Waals surface area contributed by atoms with Crippen LogP contribution in [0.3, 0.4) is 0 Å². The number of hydrogen-bond acceptors (Lipinski definition) is 4. The molecule has 1 unspecified atom stereocenters. The largest absolute Gasteiger partial charge is 0.433 e. The van der Waals surface area contributed by atoms with E-state index in [9.17, 15) is 18.0 Å². The van der Waals surface area contributed by atoms with Crippen LogP contribution in [0.4, 0.5) is 13.2 Å². The van der Waals surface area contributed by atoms with Crippen LogP contribution in [0.15, 0.2) is 43.0 Å². The first-order valence-electron chi connectivity index (χ1n) is 10.2. The number of allylic oxidation sites excluding steroid dienone is 1. The second kappa shape index (κ2) is 9.04. The van der Waals surface area contributed by atoms with Gasteiger partial charge in [-0.25, -0.2) is 9.07 Å². The molecule has 0 aliphatic carbocycles. The molecule has 1 aliphatic heterocycles. The number of ether oxygens (including phenoxy) is 2. The lowest BCUT2D eigenvalue weighted by molar-refractivity contribution is -0.0517. The SMILES string of the molecule is C=CCc1cc(OC(F)F)c2c(c1)c(-c1cc(F)ccc1C(N)=O)nn2C1CCCCO1. The van der Waals surface area contributed by atoms with E-state index in [1.54, 1.807) is 12.1 Å². The Morgan fingerprint density at radius 2 is 2.16 bits per heavy atom. The van der Waals surface area contributed by atoms with Crippen LogP contribution in [0.1, 0.15) is 41.4 Å². The predicted molar refractivity (Wildman–Crippen MR) is 113 cm³/mol. The van der Waals surface area contributed by atoms with Gasteiger partial charge in [0.1, 0.15) is 17.0 Å². The van der Waals surface area contributed by atoms with E-state index in [0.29, 0.717) is 30.4 Å². The van der Waals surface area contributed by atoms with Crippen LogP contribution < -0.4 is 10.5 Å². The summed E-state index contributed by atoms with van der Waals surface area (Å²) in [6.07, 6.45) is 3.85. The number of nitrogens with zero attached hydrogens (tertiary/aromatic N) is 2. The lowest BCUT2D eigenvalue weighted by Crippen LogP contribution is -2.19. The van der Waals surface area contributed by atoms with Gasteiger partial charge in [-0.2, -0.15) is 13.9 Å². The topological polar surface area (TPSA) is 79.4 Å². The molecule has 1 amide bonds. The van der Waals surface area contributed by atoms with Crippen LogP contribution in [0.5, 0.6) is 5.75 Å². The molecular weight excluding hydrogens is 423 g/mol. The Bertz CT molecular complexity index is 1170. The minimum Gasteiger partial charge on any atom is -0.433 e. The molecule has 1 atom stereocenters. The number of benzene rings is 2. The molecule has 1 saturated heterocycles. The molecule has 9 heteroatoms. The monoisotopic (exact) mass is 445 g/mol. The van der Waals surface area contributed by atoms with Gasteiger partial charge in [-0.05, 0) is 61.6 Å². The van der Waals surface area contributed by atoms with Gasteiger partial charge in [-0.15, -0.1) is 6.58 Å². The van der Waals surface area contributed by atoms with Crippen LogP contribution in [0.25, 0.3) is 22.2 Å². The van der Waals surface area contributed by atoms with Crippen LogP contribution in [-0.4, -0.2) is 28.9 Å². The van der Waals surface area contributed by atoms with Gasteiger partial charge >= 0.3 is 6.61 Å². The van der Waals surface area contributed by atoms with Gasteiger partial charge in [-0.1, -0.05) is 6.08 Å². The van der Waals surface area contributed by atoms with Crippen LogP contribution in [-0.2, 0) is 11.2 Å². The molecule has 0 bridgehead atoms. The molecule has 168 valence electrons. The zero-order chi connectivity index (χ0) is 22.8. The predicted octanol–water partition coefficient (Wildman–Crippen LogP) is 4.97. The van der Waals surface area contributed by atoms with E-state index < -0.39 is 24.6 Å². The third-order valence-electron chi connectivity index (χ3n) is 5.35. The van der Waals surface area contributed by atoms with Crippen molar-refractivity contribution in [1.29, 1.82) is 0 Å². The first-order chi connectivity index (χ1) is 15.4. The fourth-order valence-corrected chi connectivity index (χ4v) is 4.01. The zero-order valence-corrected chi connectivity index (χ0v) is 17.2. The van der Waals surface area contributed by atoms with Crippen molar-refractivity contribution < 1.29 is 27.4 Å². The highest BCUT2D eigenvalue weighted by atomic mass is 19.3. The molecular formula is C23H22F3N3O3. The first-order valence-corrected chi connectivity index (χ1v) is 10.2. The summed E-state index contributed by atoms with van der Waals surface area (Å²) < 4.78 is 52.9. The maximum atomic E-state index is 14.2. The Balaban J connectivity index is 2.05. The molecule has 2 N–H and O–H groups in total. The summed E-state index contributed by atoms with van der Waals surface area (Å²) in [5.41, 5.74) is 6.89. The van der Waals surface area contributed by atoms with E-state index in [-0.39, 0.29) is 28.1 Å². The number of primary amides is 1. The van der Waals surface area contributed by atoms with E-state index in [1.165, 1.54) is 16.8 Å². The van der Waals surface area contributed by atoms with E-state index >= 15 is 0 Å². The molecule has 6 nitrogen and oxygen atoms in total. The third kappa shape index (κ3) is 4.20.